The molecular weight excluding hydrogens is 519 g/mol. The van der Waals surface area contributed by atoms with Gasteiger partial charge in [-0.1, -0.05) is 0 Å². The molecule has 1 atom stereocenters. The summed E-state index contributed by atoms with van der Waals surface area (Å²) in [6, 6.07) is 4.90. The Kier molecular flexibility index (Phi) is 8.91. The number of hydrogen-bond donors (Lipinski definition) is 4. The SMILES string of the molecule is COc1cc(OC)cc(-c2nc(-c3nc(/C(=C/NC[C@H](O)CC(F)(F)F)C(C)=N)cnc3N)cn(C)c2=O)c1. The smallest absolute Gasteiger partial charge is 0.391 e. The number of rotatable bonds is 10. The number of allylic oxidation sites excluding steroid dienone is 1. The Labute approximate surface area is 221 Å². The van der Waals surface area contributed by atoms with Crippen LogP contribution in [0.25, 0.3) is 28.2 Å². The maximum Gasteiger partial charge on any atom is 0.391 e. The molecule has 0 spiro atoms. The molecule has 0 bridgehead atoms. The zero-order chi connectivity index (χ0) is 28.9. The van der Waals surface area contributed by atoms with Crippen LogP contribution in [-0.4, -0.2) is 63.4 Å². The largest absolute Gasteiger partial charge is 0.497 e. The number of methoxy groups -OCH3 is 2. The quantitative estimate of drug-likeness (QED) is 0.280. The average molecular weight is 548 g/mol. The topological polar surface area (TPSA) is 161 Å². The lowest BCUT2D eigenvalue weighted by Crippen LogP contribution is -2.28. The van der Waals surface area contributed by atoms with E-state index < -0.39 is 30.8 Å². The molecule has 0 fully saturated rings. The van der Waals surface area contributed by atoms with Crippen molar-refractivity contribution < 1.29 is 27.8 Å². The number of hydrogen-bond acceptors (Lipinski definition) is 10. The van der Waals surface area contributed by atoms with Gasteiger partial charge in [-0.15, -0.1) is 0 Å². The molecule has 11 nitrogen and oxygen atoms in total. The Morgan fingerprint density at radius 3 is 2.41 bits per heavy atom. The molecule has 0 saturated carbocycles. The molecule has 5 N–H and O–H groups in total. The first-order valence-corrected chi connectivity index (χ1v) is 11.5. The van der Waals surface area contributed by atoms with E-state index in [0.717, 1.165) is 0 Å². The van der Waals surface area contributed by atoms with E-state index in [1.54, 1.807) is 18.2 Å². The van der Waals surface area contributed by atoms with E-state index in [1.165, 1.54) is 51.4 Å². The number of aliphatic hydroxyl groups is 1. The molecular formula is C25H28F3N7O4. The number of nitrogens with one attached hydrogen (secondary N) is 2. The minimum absolute atomic E-state index is 0.00499. The van der Waals surface area contributed by atoms with Gasteiger partial charge in [0.2, 0.25) is 0 Å². The number of aliphatic hydroxyl groups excluding tert-OH is 1. The number of alkyl halides is 3. The highest BCUT2D eigenvalue weighted by atomic mass is 19.4. The van der Waals surface area contributed by atoms with Crippen LogP contribution in [0.15, 0.2) is 41.6 Å². The molecule has 39 heavy (non-hydrogen) atoms. The van der Waals surface area contributed by atoms with Crippen LogP contribution in [0.3, 0.4) is 0 Å². The summed E-state index contributed by atoms with van der Waals surface area (Å²) < 4.78 is 49.4. The molecule has 1 aromatic carbocycles. The molecule has 0 aliphatic carbocycles. The number of aromatic nitrogens is 4. The average Bonchev–Trinajstić information content (AvgIpc) is 2.87. The van der Waals surface area contributed by atoms with Crippen molar-refractivity contribution in [3.8, 4) is 34.1 Å². The van der Waals surface area contributed by atoms with E-state index in [2.05, 4.69) is 20.3 Å². The number of nitrogens with zero attached hydrogens (tertiary/aromatic N) is 4. The summed E-state index contributed by atoms with van der Waals surface area (Å²) in [6.45, 7) is 1.05. The molecule has 2 heterocycles. The Morgan fingerprint density at radius 2 is 1.85 bits per heavy atom. The Hall–Kier alpha value is -4.46. The maximum atomic E-state index is 13.0. The fourth-order valence-electron chi connectivity index (χ4n) is 3.58. The van der Waals surface area contributed by atoms with Crippen LogP contribution >= 0.6 is 0 Å². The van der Waals surface area contributed by atoms with E-state index >= 15 is 0 Å². The van der Waals surface area contributed by atoms with E-state index in [9.17, 15) is 23.1 Å². The van der Waals surface area contributed by atoms with Gasteiger partial charge in [0.1, 0.15) is 28.6 Å². The van der Waals surface area contributed by atoms with Gasteiger partial charge >= 0.3 is 6.18 Å². The van der Waals surface area contributed by atoms with Crippen LogP contribution in [0.1, 0.15) is 19.0 Å². The number of aryl methyl sites for hydroxylation is 1. The fourth-order valence-corrected chi connectivity index (χ4v) is 3.58. The second kappa shape index (κ2) is 11.9. The molecule has 0 aliphatic rings. The molecule has 14 heteroatoms. The third kappa shape index (κ3) is 7.31. The van der Waals surface area contributed by atoms with Crippen molar-refractivity contribution in [2.45, 2.75) is 25.6 Å². The van der Waals surface area contributed by atoms with Crippen molar-refractivity contribution in [3.63, 3.8) is 0 Å². The van der Waals surface area contributed by atoms with Gasteiger partial charge in [-0.05, 0) is 19.1 Å². The third-order valence-corrected chi connectivity index (χ3v) is 5.49. The predicted molar refractivity (Wildman–Crippen MR) is 140 cm³/mol. The molecule has 3 rings (SSSR count). The van der Waals surface area contributed by atoms with Crippen molar-refractivity contribution in [2.24, 2.45) is 7.05 Å². The number of ether oxygens (including phenoxy) is 2. The molecule has 3 aromatic rings. The Balaban J connectivity index is 2.04. The molecule has 0 radical (unpaired) electrons. The first kappa shape index (κ1) is 29.1. The van der Waals surface area contributed by atoms with Gasteiger partial charge in [-0.25, -0.2) is 15.0 Å². The third-order valence-electron chi connectivity index (χ3n) is 5.49. The van der Waals surface area contributed by atoms with Crippen LogP contribution in [-0.2, 0) is 7.05 Å². The minimum atomic E-state index is -4.51. The monoisotopic (exact) mass is 547 g/mol. The Bertz CT molecular complexity index is 1430. The summed E-state index contributed by atoms with van der Waals surface area (Å²) in [5.74, 6) is 0.891. The maximum absolute atomic E-state index is 13.0. The van der Waals surface area contributed by atoms with Gasteiger partial charge in [-0.3, -0.25) is 4.79 Å². The number of halogens is 3. The molecule has 0 unspecified atom stereocenters. The zero-order valence-electron chi connectivity index (χ0n) is 21.6. The fraction of sp³-hybridized carbons (Fsp3) is 0.320. The summed E-state index contributed by atoms with van der Waals surface area (Å²) in [5.41, 5.74) is 6.89. The lowest BCUT2D eigenvalue weighted by atomic mass is 10.1. The lowest BCUT2D eigenvalue weighted by Gasteiger charge is -2.14. The highest BCUT2D eigenvalue weighted by Crippen LogP contribution is 2.29. The van der Waals surface area contributed by atoms with Crippen LogP contribution in [0.2, 0.25) is 0 Å². The van der Waals surface area contributed by atoms with Crippen molar-refractivity contribution in [1.29, 1.82) is 5.41 Å². The normalized spacial score (nSPS) is 12.7. The standard InChI is InChI=1S/C25H28F3N7O4/c1-13(29)18(10-31-9-15(36)8-25(26,27)28)19-11-32-23(30)22(33-19)20-12-35(2)24(37)21(34-20)14-5-16(38-3)7-17(6-14)39-4/h5-7,10-12,15,29,31,36H,8-9H2,1-4H3,(H2,30,32)/b18-10+,29-13?/t15-/m1/s1. The molecule has 0 aliphatic heterocycles. The minimum Gasteiger partial charge on any atom is -0.497 e. The number of nitrogen functional groups attached to an aromatic ring is 1. The van der Waals surface area contributed by atoms with Crippen molar-refractivity contribution in [3.05, 3.63) is 52.8 Å². The van der Waals surface area contributed by atoms with Crippen LogP contribution in [0, 0.1) is 5.41 Å². The first-order chi connectivity index (χ1) is 18.3. The van der Waals surface area contributed by atoms with Gasteiger partial charge in [0.05, 0.1) is 38.6 Å². The molecule has 2 aromatic heterocycles. The number of anilines is 1. The predicted octanol–water partition coefficient (Wildman–Crippen LogP) is 2.79. The second-order valence-corrected chi connectivity index (χ2v) is 8.55. The van der Waals surface area contributed by atoms with Gasteiger partial charge in [-0.2, -0.15) is 13.2 Å². The summed E-state index contributed by atoms with van der Waals surface area (Å²) in [5, 5.41) is 20.3. The summed E-state index contributed by atoms with van der Waals surface area (Å²) in [7, 11) is 4.49. The number of benzene rings is 1. The summed E-state index contributed by atoms with van der Waals surface area (Å²) in [4.78, 5) is 26.1. The summed E-state index contributed by atoms with van der Waals surface area (Å²) in [6.07, 6.45) is -3.57. The van der Waals surface area contributed by atoms with Gasteiger partial charge in [0, 0.05) is 48.9 Å². The van der Waals surface area contributed by atoms with Crippen LogP contribution in [0.4, 0.5) is 19.0 Å². The van der Waals surface area contributed by atoms with E-state index in [0.29, 0.717) is 17.1 Å². The van der Waals surface area contributed by atoms with Crippen LogP contribution < -0.4 is 26.1 Å². The second-order valence-electron chi connectivity index (χ2n) is 8.55. The van der Waals surface area contributed by atoms with Crippen molar-refractivity contribution in [1.82, 2.24) is 24.8 Å². The molecule has 0 amide bonds. The van der Waals surface area contributed by atoms with Gasteiger partial charge in [0.15, 0.2) is 5.82 Å². The van der Waals surface area contributed by atoms with Gasteiger partial charge in [0.25, 0.3) is 5.56 Å². The molecule has 0 saturated heterocycles. The van der Waals surface area contributed by atoms with Crippen molar-refractivity contribution in [2.75, 3.05) is 26.5 Å². The van der Waals surface area contributed by atoms with Crippen LogP contribution in [0.5, 0.6) is 11.5 Å². The highest BCUT2D eigenvalue weighted by molar-refractivity contribution is 6.20. The van der Waals surface area contributed by atoms with E-state index in [-0.39, 0.29) is 39.9 Å². The van der Waals surface area contributed by atoms with Gasteiger partial charge < -0.3 is 35.6 Å². The molecule has 208 valence electrons. The van der Waals surface area contributed by atoms with E-state index in [4.69, 9.17) is 20.6 Å². The zero-order valence-corrected chi connectivity index (χ0v) is 21.6. The Morgan fingerprint density at radius 1 is 1.21 bits per heavy atom. The summed E-state index contributed by atoms with van der Waals surface area (Å²) >= 11 is 0. The highest BCUT2D eigenvalue weighted by Gasteiger charge is 2.30. The van der Waals surface area contributed by atoms with E-state index in [1.807, 2.05) is 0 Å². The number of nitrogens with two attached hydrogens (primary N) is 1. The van der Waals surface area contributed by atoms with Crippen molar-refractivity contribution >= 4 is 17.1 Å². The first-order valence-electron chi connectivity index (χ1n) is 11.5. The lowest BCUT2D eigenvalue weighted by molar-refractivity contribution is -0.152.